The summed E-state index contributed by atoms with van der Waals surface area (Å²) in [6.45, 7) is 0. The molecule has 0 radical (unpaired) electrons. The van der Waals surface area contributed by atoms with Crippen molar-refractivity contribution in [3.05, 3.63) is 52.5 Å². The van der Waals surface area contributed by atoms with Gasteiger partial charge in [0.2, 0.25) is 0 Å². The monoisotopic (exact) mass is 360 g/mol. The molecule has 110 valence electrons. The van der Waals surface area contributed by atoms with Crippen molar-refractivity contribution in [1.29, 1.82) is 0 Å². The average molecular weight is 361 g/mol. The first-order valence-corrected chi connectivity index (χ1v) is 6.46. The lowest BCUT2D eigenvalue weighted by molar-refractivity contribution is -0.275. The third-order valence-electron chi connectivity index (χ3n) is 2.39. The number of ether oxygens (including phenoxy) is 2. The van der Waals surface area contributed by atoms with Gasteiger partial charge >= 0.3 is 6.36 Å². The molecule has 7 heteroatoms. The maximum absolute atomic E-state index is 12.3. The van der Waals surface area contributed by atoms with E-state index in [0.717, 1.165) is 6.07 Å². The van der Waals surface area contributed by atoms with Crippen LogP contribution in [0.25, 0.3) is 0 Å². The summed E-state index contributed by atoms with van der Waals surface area (Å²) in [6.07, 6.45) is -4.28. The highest BCUT2D eigenvalue weighted by Gasteiger charge is 2.32. The van der Waals surface area contributed by atoms with E-state index in [1.807, 2.05) is 0 Å². The van der Waals surface area contributed by atoms with Crippen LogP contribution in [0.15, 0.2) is 46.9 Å². The molecule has 0 atom stereocenters. The van der Waals surface area contributed by atoms with Crippen LogP contribution in [0, 0.1) is 0 Å². The minimum absolute atomic E-state index is 0.131. The second-order valence-corrected chi connectivity index (χ2v) is 4.81. The summed E-state index contributed by atoms with van der Waals surface area (Å²) < 4.78 is 46.8. The molecule has 0 N–H and O–H groups in total. The van der Waals surface area contributed by atoms with Gasteiger partial charge in [-0.15, -0.1) is 13.2 Å². The molecule has 0 amide bonds. The number of halogens is 4. The largest absolute Gasteiger partial charge is 0.573 e. The molecule has 0 spiro atoms. The topological polar surface area (TPSA) is 35.5 Å². The third-order valence-corrected chi connectivity index (χ3v) is 2.89. The summed E-state index contributed by atoms with van der Waals surface area (Å²) in [7, 11) is 0. The summed E-state index contributed by atoms with van der Waals surface area (Å²) in [5, 5.41) is 0. The molecule has 0 saturated carbocycles. The smallest absolute Gasteiger partial charge is 0.453 e. The number of alkyl halides is 3. The number of para-hydroxylation sites is 2. The fourth-order valence-electron chi connectivity index (χ4n) is 1.57. The van der Waals surface area contributed by atoms with Crippen LogP contribution in [0.2, 0.25) is 0 Å². The van der Waals surface area contributed by atoms with Crippen LogP contribution in [0.1, 0.15) is 10.4 Å². The Hall–Kier alpha value is -2.02. The SMILES string of the molecule is O=Cc1cc(Br)ccc1Oc1ccccc1OC(F)(F)F. The first-order chi connectivity index (χ1) is 9.89. The van der Waals surface area contributed by atoms with E-state index in [4.69, 9.17) is 4.74 Å². The number of hydrogen-bond donors (Lipinski definition) is 0. The van der Waals surface area contributed by atoms with Gasteiger partial charge in [0.25, 0.3) is 0 Å². The van der Waals surface area contributed by atoms with Crippen molar-refractivity contribution in [1.82, 2.24) is 0 Å². The van der Waals surface area contributed by atoms with Gasteiger partial charge in [0.15, 0.2) is 17.8 Å². The molecule has 21 heavy (non-hydrogen) atoms. The number of carbonyl (C=O) groups excluding carboxylic acids is 1. The van der Waals surface area contributed by atoms with Gasteiger partial charge in [0.05, 0.1) is 5.56 Å². The molecule has 0 aliphatic heterocycles. The molecule has 0 heterocycles. The van der Waals surface area contributed by atoms with Gasteiger partial charge in [0, 0.05) is 4.47 Å². The molecule has 3 nitrogen and oxygen atoms in total. The van der Waals surface area contributed by atoms with E-state index in [1.54, 1.807) is 6.07 Å². The van der Waals surface area contributed by atoms with Crippen LogP contribution in [-0.2, 0) is 0 Å². The van der Waals surface area contributed by atoms with Crippen molar-refractivity contribution in [3.8, 4) is 17.2 Å². The summed E-state index contributed by atoms with van der Waals surface area (Å²) in [6, 6.07) is 9.90. The zero-order chi connectivity index (χ0) is 15.5. The van der Waals surface area contributed by atoms with Gasteiger partial charge in [-0.1, -0.05) is 28.1 Å². The van der Waals surface area contributed by atoms with Crippen LogP contribution in [0.4, 0.5) is 13.2 Å². The molecule has 0 fully saturated rings. The molecule has 2 rings (SSSR count). The second-order valence-electron chi connectivity index (χ2n) is 3.90. The van der Waals surface area contributed by atoms with Crippen LogP contribution >= 0.6 is 15.9 Å². The summed E-state index contributed by atoms with van der Waals surface area (Å²) in [4.78, 5) is 11.0. The number of rotatable bonds is 4. The van der Waals surface area contributed by atoms with Crippen LogP contribution in [0.3, 0.4) is 0 Å². The lowest BCUT2D eigenvalue weighted by Crippen LogP contribution is -2.17. The van der Waals surface area contributed by atoms with Crippen molar-refractivity contribution < 1.29 is 27.4 Å². The minimum atomic E-state index is -4.83. The van der Waals surface area contributed by atoms with Gasteiger partial charge in [-0.3, -0.25) is 4.79 Å². The van der Waals surface area contributed by atoms with Gasteiger partial charge in [-0.05, 0) is 30.3 Å². The molecular weight excluding hydrogens is 353 g/mol. The number of carbonyl (C=O) groups is 1. The Bertz CT molecular complexity index is 656. The van der Waals surface area contributed by atoms with E-state index in [2.05, 4.69) is 20.7 Å². The van der Waals surface area contributed by atoms with Crippen molar-refractivity contribution >= 4 is 22.2 Å². The fourth-order valence-corrected chi connectivity index (χ4v) is 1.95. The molecule has 0 aliphatic carbocycles. The summed E-state index contributed by atoms with van der Waals surface area (Å²) >= 11 is 3.19. The first-order valence-electron chi connectivity index (χ1n) is 5.66. The number of hydrogen-bond acceptors (Lipinski definition) is 3. The van der Waals surface area contributed by atoms with Gasteiger partial charge in [-0.2, -0.15) is 0 Å². The third kappa shape index (κ3) is 4.22. The van der Waals surface area contributed by atoms with Crippen LogP contribution < -0.4 is 9.47 Å². The highest BCUT2D eigenvalue weighted by Crippen LogP contribution is 2.36. The summed E-state index contributed by atoms with van der Waals surface area (Å²) in [5.41, 5.74) is 0.200. The van der Waals surface area contributed by atoms with Gasteiger partial charge in [-0.25, -0.2) is 0 Å². The Morgan fingerprint density at radius 1 is 1.00 bits per heavy atom. The molecule has 0 aliphatic rings. The maximum atomic E-state index is 12.3. The molecular formula is C14H8BrF3O3. The Morgan fingerprint density at radius 3 is 2.29 bits per heavy atom. The molecule has 2 aromatic rings. The van der Waals surface area contributed by atoms with Crippen LogP contribution in [-0.4, -0.2) is 12.6 Å². The lowest BCUT2D eigenvalue weighted by Gasteiger charge is -2.14. The maximum Gasteiger partial charge on any atom is 0.573 e. The molecule has 0 aromatic heterocycles. The van der Waals surface area contributed by atoms with E-state index < -0.39 is 12.1 Å². The molecule has 0 bridgehead atoms. The first kappa shape index (κ1) is 15.4. The van der Waals surface area contributed by atoms with E-state index in [1.165, 1.54) is 30.3 Å². The predicted octanol–water partition coefficient (Wildman–Crippen LogP) is 4.95. The van der Waals surface area contributed by atoms with E-state index in [-0.39, 0.29) is 17.1 Å². The predicted molar refractivity (Wildman–Crippen MR) is 72.7 cm³/mol. The van der Waals surface area contributed by atoms with Crippen molar-refractivity contribution in [2.24, 2.45) is 0 Å². The zero-order valence-electron chi connectivity index (χ0n) is 10.4. The van der Waals surface area contributed by atoms with E-state index >= 15 is 0 Å². The highest BCUT2D eigenvalue weighted by molar-refractivity contribution is 9.10. The molecule has 0 unspecified atom stereocenters. The van der Waals surface area contributed by atoms with Crippen molar-refractivity contribution in [2.75, 3.05) is 0 Å². The zero-order valence-corrected chi connectivity index (χ0v) is 11.9. The number of benzene rings is 2. The Labute approximate surface area is 126 Å². The average Bonchev–Trinajstić information content (AvgIpc) is 2.41. The van der Waals surface area contributed by atoms with Crippen LogP contribution in [0.5, 0.6) is 17.2 Å². The van der Waals surface area contributed by atoms with E-state index in [9.17, 15) is 18.0 Å². The second kappa shape index (κ2) is 6.17. The molecule has 0 saturated heterocycles. The highest BCUT2D eigenvalue weighted by atomic mass is 79.9. The van der Waals surface area contributed by atoms with E-state index in [0.29, 0.717) is 10.8 Å². The van der Waals surface area contributed by atoms with Gasteiger partial charge in [0.1, 0.15) is 5.75 Å². The lowest BCUT2D eigenvalue weighted by atomic mass is 10.2. The Kier molecular flexibility index (Phi) is 4.52. The van der Waals surface area contributed by atoms with Crippen molar-refractivity contribution in [3.63, 3.8) is 0 Å². The standard InChI is InChI=1S/C14H8BrF3O3/c15-10-5-6-11(9(7-10)8-19)20-12-3-1-2-4-13(12)21-14(16,17)18/h1-8H. The normalized spacial score (nSPS) is 11.0. The number of aldehydes is 1. The minimum Gasteiger partial charge on any atom is -0.453 e. The fraction of sp³-hybridized carbons (Fsp3) is 0.0714. The quantitative estimate of drug-likeness (QED) is 0.723. The van der Waals surface area contributed by atoms with Gasteiger partial charge < -0.3 is 9.47 Å². The van der Waals surface area contributed by atoms with Crippen molar-refractivity contribution in [2.45, 2.75) is 6.36 Å². The Balaban J connectivity index is 2.34. The Morgan fingerprint density at radius 2 is 1.67 bits per heavy atom. The molecule has 2 aromatic carbocycles. The summed E-state index contributed by atoms with van der Waals surface area (Å²) in [5.74, 6) is -0.489.